The highest BCUT2D eigenvalue weighted by Crippen LogP contribution is 2.62. The maximum Gasteiger partial charge on any atom is 0.416 e. The van der Waals surface area contributed by atoms with Gasteiger partial charge >= 0.3 is 6.18 Å². The van der Waals surface area contributed by atoms with Gasteiger partial charge in [0.2, 0.25) is 0 Å². The van der Waals surface area contributed by atoms with Crippen molar-refractivity contribution in [3.05, 3.63) is 76.4 Å². The highest BCUT2D eigenvalue weighted by Gasteiger charge is 2.63. The monoisotopic (exact) mass is 628 g/mol. The Morgan fingerprint density at radius 2 is 1.89 bits per heavy atom. The summed E-state index contributed by atoms with van der Waals surface area (Å²) in [5.41, 5.74) is 1.00. The van der Waals surface area contributed by atoms with Crippen LogP contribution < -0.4 is 10.2 Å². The predicted octanol–water partition coefficient (Wildman–Crippen LogP) is 4.99. The van der Waals surface area contributed by atoms with Crippen molar-refractivity contribution in [2.24, 2.45) is 12.5 Å². The van der Waals surface area contributed by atoms with Crippen molar-refractivity contribution in [3.63, 3.8) is 0 Å². The number of halogens is 3. The molecule has 1 N–H and O–H groups in total. The molecule has 1 atom stereocenters. The van der Waals surface area contributed by atoms with Crippen LogP contribution in [0.3, 0.4) is 0 Å². The Labute approximate surface area is 258 Å². The van der Waals surface area contributed by atoms with Gasteiger partial charge in [0.25, 0.3) is 0 Å². The first-order valence-electron chi connectivity index (χ1n) is 14.9. The molecule has 1 saturated heterocycles. The predicted molar refractivity (Wildman–Crippen MR) is 164 cm³/mol. The number of aromatic nitrogens is 3. The Balaban J connectivity index is 1.28. The van der Waals surface area contributed by atoms with Gasteiger partial charge in [-0.2, -0.15) is 13.2 Å². The number of aryl methyl sites for hydroxylation is 1. The zero-order valence-electron chi connectivity index (χ0n) is 25.6. The SMILES string of the molecule is CN(Cc1c(C=O)cc(CNC2(C)CCC2)cc1C(F)(F)F)c1cccc(C2(c3nncn3C)CC3(CN(S(C)=O)C3)C2)c1. The van der Waals surface area contributed by atoms with Crippen LogP contribution in [0.5, 0.6) is 0 Å². The Hall–Kier alpha value is -3.09. The van der Waals surface area contributed by atoms with Gasteiger partial charge in [-0.05, 0) is 80.0 Å². The van der Waals surface area contributed by atoms with E-state index in [1.165, 1.54) is 6.07 Å². The second-order valence-electron chi connectivity index (χ2n) is 13.4. The fourth-order valence-electron chi connectivity index (χ4n) is 7.51. The van der Waals surface area contributed by atoms with E-state index < -0.39 is 28.1 Å². The van der Waals surface area contributed by atoms with E-state index in [2.05, 4.69) is 22.4 Å². The zero-order chi connectivity index (χ0) is 31.5. The molecule has 2 aliphatic carbocycles. The number of alkyl halides is 3. The molecule has 1 spiro atoms. The van der Waals surface area contributed by atoms with Gasteiger partial charge in [-0.3, -0.25) is 4.79 Å². The summed E-state index contributed by atoms with van der Waals surface area (Å²) in [6.07, 6.45) is 4.00. The lowest BCUT2D eigenvalue weighted by atomic mass is 9.47. The van der Waals surface area contributed by atoms with Crippen LogP contribution in [-0.4, -0.2) is 61.5 Å². The molecule has 1 aliphatic heterocycles. The zero-order valence-corrected chi connectivity index (χ0v) is 26.4. The molecule has 0 radical (unpaired) electrons. The minimum absolute atomic E-state index is 0.0354. The van der Waals surface area contributed by atoms with Crippen molar-refractivity contribution in [1.82, 2.24) is 24.4 Å². The summed E-state index contributed by atoms with van der Waals surface area (Å²) >= 11 is 0. The van der Waals surface area contributed by atoms with Crippen LogP contribution in [0.25, 0.3) is 0 Å². The molecule has 2 saturated carbocycles. The van der Waals surface area contributed by atoms with Gasteiger partial charge in [-0.15, -0.1) is 10.2 Å². The average molecular weight is 629 g/mol. The lowest BCUT2D eigenvalue weighted by Crippen LogP contribution is -2.67. The van der Waals surface area contributed by atoms with Gasteiger partial charge in [-0.25, -0.2) is 8.51 Å². The van der Waals surface area contributed by atoms with E-state index >= 15 is 0 Å². The first kappa shape index (κ1) is 30.9. The van der Waals surface area contributed by atoms with Gasteiger partial charge in [0.05, 0.1) is 22.0 Å². The number of hydrogen-bond acceptors (Lipinski definition) is 6. The third-order valence-electron chi connectivity index (χ3n) is 10.1. The summed E-state index contributed by atoms with van der Waals surface area (Å²) in [7, 11) is 2.65. The number of carbonyl (C=O) groups excluding carboxylic acids is 1. The molecular weight excluding hydrogens is 589 g/mol. The number of nitrogens with one attached hydrogen (secondary N) is 1. The molecule has 0 bridgehead atoms. The van der Waals surface area contributed by atoms with E-state index in [1.54, 1.807) is 30.6 Å². The fourth-order valence-corrected chi connectivity index (χ4v) is 8.42. The third kappa shape index (κ3) is 5.49. The van der Waals surface area contributed by atoms with Crippen molar-refractivity contribution in [3.8, 4) is 0 Å². The fraction of sp³-hybridized carbons (Fsp3) is 0.531. The van der Waals surface area contributed by atoms with Crippen molar-refractivity contribution in [2.75, 3.05) is 31.3 Å². The van der Waals surface area contributed by atoms with Crippen LogP contribution >= 0.6 is 0 Å². The van der Waals surface area contributed by atoms with Crippen LogP contribution in [0, 0.1) is 5.41 Å². The molecule has 3 fully saturated rings. The smallest absolute Gasteiger partial charge is 0.370 e. The third-order valence-corrected chi connectivity index (χ3v) is 11.1. The number of carbonyl (C=O) groups is 1. The molecule has 1 unspecified atom stereocenters. The minimum atomic E-state index is -4.61. The van der Waals surface area contributed by atoms with Crippen molar-refractivity contribution >= 4 is 23.0 Å². The molecular formula is C32H39F3N6O2S. The standard InChI is InChI=1S/C32H39F3N6O2S/c1-29(9-6-10-29)36-14-22-11-23(16-42)26(27(12-22)32(33,34)35)15-39(2)25-8-5-7-24(13-25)31(28-38-37-21-40(28)3)17-30(18-31)19-41(20-30)44(4)43/h5,7-8,11-13,16,21,36H,6,9-10,14-15,17-20H2,1-4H3. The molecule has 3 aromatic rings. The van der Waals surface area contributed by atoms with Crippen LogP contribution in [0.1, 0.15) is 77.5 Å². The highest BCUT2D eigenvalue weighted by molar-refractivity contribution is 7.81. The minimum Gasteiger partial charge on any atom is -0.370 e. The maximum absolute atomic E-state index is 14.4. The molecule has 6 rings (SSSR count). The van der Waals surface area contributed by atoms with E-state index in [-0.39, 0.29) is 35.2 Å². The number of hydrogen-bond donors (Lipinski definition) is 1. The van der Waals surface area contributed by atoms with Crippen LogP contribution in [0.2, 0.25) is 0 Å². The van der Waals surface area contributed by atoms with Crippen LogP contribution in [-0.2, 0) is 42.7 Å². The number of aldehydes is 1. The van der Waals surface area contributed by atoms with Crippen LogP contribution in [0.4, 0.5) is 18.9 Å². The van der Waals surface area contributed by atoms with E-state index in [0.717, 1.165) is 62.3 Å². The average Bonchev–Trinajstić information content (AvgIpc) is 3.35. The first-order valence-corrected chi connectivity index (χ1v) is 16.5. The lowest BCUT2D eigenvalue weighted by Gasteiger charge is -2.63. The van der Waals surface area contributed by atoms with E-state index in [0.29, 0.717) is 11.8 Å². The van der Waals surface area contributed by atoms with E-state index in [1.807, 2.05) is 40.2 Å². The molecule has 44 heavy (non-hydrogen) atoms. The molecule has 2 heterocycles. The summed E-state index contributed by atoms with van der Waals surface area (Å²) in [6.45, 7) is 3.78. The van der Waals surface area contributed by atoms with Gasteiger partial charge in [0.1, 0.15) is 18.4 Å². The number of rotatable bonds is 10. The molecule has 8 nitrogen and oxygen atoms in total. The first-order chi connectivity index (χ1) is 20.8. The molecule has 0 amide bonds. The quantitative estimate of drug-likeness (QED) is 0.319. The van der Waals surface area contributed by atoms with Gasteiger partial charge < -0.3 is 14.8 Å². The normalized spacial score (nSPS) is 20.8. The lowest BCUT2D eigenvalue weighted by molar-refractivity contribution is -0.138. The second-order valence-corrected chi connectivity index (χ2v) is 14.8. The molecule has 1 aromatic heterocycles. The van der Waals surface area contributed by atoms with Crippen molar-refractivity contribution < 1.29 is 22.2 Å². The second kappa shape index (κ2) is 11.1. The molecule has 3 aliphatic rings. The van der Waals surface area contributed by atoms with E-state index in [4.69, 9.17) is 0 Å². The van der Waals surface area contributed by atoms with Gasteiger partial charge in [-0.1, -0.05) is 12.1 Å². The van der Waals surface area contributed by atoms with E-state index in [9.17, 15) is 22.2 Å². The van der Waals surface area contributed by atoms with Gasteiger partial charge in [0, 0.05) is 68.7 Å². The summed E-state index contributed by atoms with van der Waals surface area (Å²) in [4.78, 5) is 13.9. The number of nitrogens with zero attached hydrogens (tertiary/aromatic N) is 5. The summed E-state index contributed by atoms with van der Waals surface area (Å²) in [5.74, 6) is 0.835. The Kier molecular flexibility index (Phi) is 7.77. The number of anilines is 1. The van der Waals surface area contributed by atoms with Crippen molar-refractivity contribution in [1.29, 1.82) is 0 Å². The molecule has 12 heteroatoms. The summed E-state index contributed by atoms with van der Waals surface area (Å²) < 4.78 is 59.1. The van der Waals surface area contributed by atoms with Crippen molar-refractivity contribution in [2.45, 2.75) is 69.2 Å². The largest absolute Gasteiger partial charge is 0.416 e. The topological polar surface area (TPSA) is 83.4 Å². The van der Waals surface area contributed by atoms with Crippen LogP contribution in [0.15, 0.2) is 42.7 Å². The Morgan fingerprint density at radius 1 is 1.16 bits per heavy atom. The summed E-state index contributed by atoms with van der Waals surface area (Å²) in [6, 6.07) is 10.6. The highest BCUT2D eigenvalue weighted by atomic mass is 32.2. The Morgan fingerprint density at radius 3 is 2.45 bits per heavy atom. The molecule has 2 aromatic carbocycles. The Bertz CT molecular complexity index is 1590. The number of benzene rings is 2. The molecule has 236 valence electrons. The summed E-state index contributed by atoms with van der Waals surface area (Å²) in [5, 5.41) is 12.0. The maximum atomic E-state index is 14.4. The van der Waals surface area contributed by atoms with Gasteiger partial charge in [0.15, 0.2) is 0 Å².